The number of halogens is 1. The van der Waals surface area contributed by atoms with Crippen LogP contribution in [0.1, 0.15) is 19.4 Å². The highest BCUT2D eigenvalue weighted by Gasteiger charge is 2.49. The molecule has 0 radical (unpaired) electrons. The summed E-state index contributed by atoms with van der Waals surface area (Å²) in [7, 11) is 0. The zero-order valence-electron chi connectivity index (χ0n) is 15.5. The number of anilines is 2. The summed E-state index contributed by atoms with van der Waals surface area (Å²) in [5.74, 6) is 0.0601. The molecule has 0 atom stereocenters. The summed E-state index contributed by atoms with van der Waals surface area (Å²) < 4.78 is 0. The molecule has 5 rings (SSSR count). The van der Waals surface area contributed by atoms with Gasteiger partial charge in [0.15, 0.2) is 0 Å². The highest BCUT2D eigenvalue weighted by Crippen LogP contribution is 2.58. The Morgan fingerprint density at radius 2 is 1.71 bits per heavy atom. The average Bonchev–Trinajstić information content (AvgIpc) is 3.14. The lowest BCUT2D eigenvalue weighted by Gasteiger charge is -2.23. The van der Waals surface area contributed by atoms with Gasteiger partial charge >= 0.3 is 0 Å². The molecule has 0 bridgehead atoms. The van der Waals surface area contributed by atoms with E-state index in [4.69, 9.17) is 11.6 Å². The number of aromatic amines is 1. The number of hydrogen-bond acceptors (Lipinski definition) is 2. The topological polar surface area (TPSA) is 49.0 Å². The van der Waals surface area contributed by atoms with Crippen molar-refractivity contribution in [3.63, 3.8) is 0 Å². The van der Waals surface area contributed by atoms with Gasteiger partial charge in [-0.1, -0.05) is 11.6 Å². The molecule has 2 aliphatic heterocycles. The number of benzene rings is 1. The van der Waals surface area contributed by atoms with Gasteiger partial charge in [-0.05, 0) is 73.0 Å². The van der Waals surface area contributed by atoms with Gasteiger partial charge < -0.3 is 4.98 Å². The fourth-order valence-electron chi connectivity index (χ4n) is 4.23. The van der Waals surface area contributed by atoms with Crippen LogP contribution in [0.3, 0.4) is 0 Å². The fraction of sp³-hybridized carbons (Fsp3) is 0.130. The first-order valence-electron chi connectivity index (χ1n) is 9.13. The molecule has 5 heteroatoms. The van der Waals surface area contributed by atoms with E-state index in [0.29, 0.717) is 5.02 Å². The molecule has 1 aromatic carbocycles. The molecule has 2 aromatic rings. The molecule has 0 unspecified atom stereocenters. The smallest absolute Gasteiger partial charge is 0.241 e. The van der Waals surface area contributed by atoms with Crippen LogP contribution < -0.4 is 4.90 Å². The average molecular weight is 388 g/mol. The van der Waals surface area contributed by atoms with Gasteiger partial charge in [0.25, 0.3) is 0 Å². The second kappa shape index (κ2) is 5.94. The summed E-state index contributed by atoms with van der Waals surface area (Å²) in [6.45, 7) is 3.99. The van der Waals surface area contributed by atoms with Crippen LogP contribution in [-0.4, -0.2) is 15.9 Å². The first kappa shape index (κ1) is 17.0. The summed E-state index contributed by atoms with van der Waals surface area (Å²) in [4.78, 5) is 22.7. The van der Waals surface area contributed by atoms with Gasteiger partial charge in [-0.3, -0.25) is 14.7 Å². The molecule has 1 aliphatic carbocycles. The quantitative estimate of drug-likeness (QED) is 0.473. The molecule has 0 fully saturated rings. The lowest BCUT2D eigenvalue weighted by molar-refractivity contribution is -0.121. The molecule has 0 saturated heterocycles. The predicted octanol–water partition coefficient (Wildman–Crippen LogP) is 5.79. The summed E-state index contributed by atoms with van der Waals surface area (Å²) >= 11 is 6.09. The van der Waals surface area contributed by atoms with Crippen molar-refractivity contribution in [2.45, 2.75) is 19.3 Å². The zero-order valence-corrected chi connectivity index (χ0v) is 16.3. The number of rotatable bonds is 2. The number of amides is 1. The van der Waals surface area contributed by atoms with E-state index < -0.39 is 5.41 Å². The zero-order chi connectivity index (χ0) is 19.5. The molecule has 0 saturated carbocycles. The van der Waals surface area contributed by atoms with Gasteiger partial charge in [0.05, 0.1) is 11.1 Å². The Labute approximate surface area is 168 Å². The minimum atomic E-state index is -0.639. The van der Waals surface area contributed by atoms with Crippen molar-refractivity contribution in [3.8, 4) is 22.3 Å². The molecule has 1 N–H and O–H groups in total. The highest BCUT2D eigenvalue weighted by atomic mass is 35.5. The van der Waals surface area contributed by atoms with E-state index in [1.54, 1.807) is 12.4 Å². The van der Waals surface area contributed by atoms with Crippen LogP contribution in [-0.2, 0) is 10.2 Å². The number of aromatic nitrogens is 2. The first-order valence-corrected chi connectivity index (χ1v) is 9.51. The SMILES string of the molecule is CC1(C)C(=O)N(c2ccc(Cl)cc2)c2c(-c3ccncc3)c3c[nH]ccc-3c21. The fourth-order valence-corrected chi connectivity index (χ4v) is 4.35. The summed E-state index contributed by atoms with van der Waals surface area (Å²) in [6.07, 6.45) is 7.47. The second-order valence-corrected chi connectivity index (χ2v) is 7.98. The maximum atomic E-state index is 13.5. The minimum absolute atomic E-state index is 0.0601. The largest absolute Gasteiger partial charge is 0.367 e. The van der Waals surface area contributed by atoms with Gasteiger partial charge in [0.2, 0.25) is 5.91 Å². The maximum absolute atomic E-state index is 13.5. The highest BCUT2D eigenvalue weighted by molar-refractivity contribution is 6.30. The molecular weight excluding hydrogens is 370 g/mol. The van der Waals surface area contributed by atoms with Crippen molar-refractivity contribution in [2.24, 2.45) is 0 Å². The Morgan fingerprint density at radius 3 is 2.43 bits per heavy atom. The first-order chi connectivity index (χ1) is 13.5. The van der Waals surface area contributed by atoms with E-state index in [1.807, 2.05) is 67.5 Å². The number of H-pyrrole nitrogens is 1. The van der Waals surface area contributed by atoms with Crippen molar-refractivity contribution in [2.75, 3.05) is 4.90 Å². The van der Waals surface area contributed by atoms with E-state index in [2.05, 4.69) is 16.0 Å². The molecule has 3 aliphatic rings. The summed E-state index contributed by atoms with van der Waals surface area (Å²) in [5.41, 5.74) is 6.44. The van der Waals surface area contributed by atoms with Gasteiger partial charge in [-0.2, -0.15) is 0 Å². The number of nitrogens with one attached hydrogen (secondary N) is 1. The van der Waals surface area contributed by atoms with E-state index >= 15 is 0 Å². The number of carbonyl (C=O) groups is 1. The molecule has 1 amide bonds. The van der Waals surface area contributed by atoms with Gasteiger partial charge in [-0.25, -0.2) is 0 Å². The number of hydrogen-bond donors (Lipinski definition) is 1. The Morgan fingerprint density at radius 1 is 1.00 bits per heavy atom. The van der Waals surface area contributed by atoms with Crippen LogP contribution in [0, 0.1) is 0 Å². The van der Waals surface area contributed by atoms with Crippen LogP contribution in [0.15, 0.2) is 67.3 Å². The Kier molecular flexibility index (Phi) is 3.61. The van der Waals surface area contributed by atoms with Gasteiger partial charge in [0, 0.05) is 46.6 Å². The van der Waals surface area contributed by atoms with Crippen molar-refractivity contribution < 1.29 is 4.79 Å². The normalized spacial score (nSPS) is 15.2. The molecule has 0 spiro atoms. The van der Waals surface area contributed by atoms with E-state index in [1.165, 1.54) is 0 Å². The third-order valence-corrected chi connectivity index (χ3v) is 5.77. The maximum Gasteiger partial charge on any atom is 0.241 e. The molecule has 3 heterocycles. The predicted molar refractivity (Wildman–Crippen MR) is 112 cm³/mol. The Balaban J connectivity index is 1.89. The molecule has 28 heavy (non-hydrogen) atoms. The number of carbonyl (C=O) groups excluding carboxylic acids is 1. The molecule has 1 aromatic heterocycles. The second-order valence-electron chi connectivity index (χ2n) is 7.55. The van der Waals surface area contributed by atoms with Crippen LogP contribution in [0.4, 0.5) is 11.4 Å². The van der Waals surface area contributed by atoms with Crippen molar-refractivity contribution in [3.05, 3.63) is 77.8 Å². The van der Waals surface area contributed by atoms with Crippen LogP contribution in [0.25, 0.3) is 22.3 Å². The van der Waals surface area contributed by atoms with Crippen LogP contribution in [0.2, 0.25) is 5.02 Å². The van der Waals surface area contributed by atoms with Crippen LogP contribution in [0.5, 0.6) is 0 Å². The molecular formula is C23H18ClN3O. The van der Waals surface area contributed by atoms with Crippen molar-refractivity contribution >= 4 is 28.9 Å². The van der Waals surface area contributed by atoms with Gasteiger partial charge in [0.1, 0.15) is 0 Å². The number of pyridine rings is 2. The summed E-state index contributed by atoms with van der Waals surface area (Å²) in [5, 5.41) is 0.645. The van der Waals surface area contributed by atoms with E-state index in [9.17, 15) is 4.79 Å². The van der Waals surface area contributed by atoms with Crippen LogP contribution >= 0.6 is 11.6 Å². The summed E-state index contributed by atoms with van der Waals surface area (Å²) in [6, 6.07) is 13.4. The number of nitrogens with zero attached hydrogens (tertiary/aromatic N) is 2. The molecule has 138 valence electrons. The third kappa shape index (κ3) is 2.25. The minimum Gasteiger partial charge on any atom is -0.367 e. The van der Waals surface area contributed by atoms with Crippen molar-refractivity contribution in [1.82, 2.24) is 9.97 Å². The standard InChI is InChI=1S/C23H18ClN3O/c1-23(2)20-17-9-12-26-13-18(17)19(14-7-10-25-11-8-14)21(20)27(22(23)28)16-5-3-15(24)4-6-16/h3-13,26H,1-2H3. The third-order valence-electron chi connectivity index (χ3n) is 5.52. The monoisotopic (exact) mass is 387 g/mol. The van der Waals surface area contributed by atoms with E-state index in [0.717, 1.165) is 39.2 Å². The number of fused-ring (bicyclic) bond motifs is 3. The van der Waals surface area contributed by atoms with Crippen molar-refractivity contribution in [1.29, 1.82) is 0 Å². The Hall–Kier alpha value is -3.11. The lowest BCUT2D eigenvalue weighted by atomic mass is 9.84. The Bertz CT molecular complexity index is 1160. The van der Waals surface area contributed by atoms with E-state index in [-0.39, 0.29) is 5.91 Å². The molecule has 4 nitrogen and oxygen atoms in total. The van der Waals surface area contributed by atoms with Gasteiger partial charge in [-0.15, -0.1) is 0 Å². The lowest BCUT2D eigenvalue weighted by Crippen LogP contribution is -2.33.